The zero-order valence-corrected chi connectivity index (χ0v) is 12.8. The second-order valence-electron chi connectivity index (χ2n) is 5.58. The molecule has 1 saturated heterocycles. The molecule has 0 bridgehead atoms. The van der Waals surface area contributed by atoms with Gasteiger partial charge in [-0.15, -0.1) is 0 Å². The van der Waals surface area contributed by atoms with Gasteiger partial charge in [0.1, 0.15) is 5.82 Å². The number of carbonyl (C=O) groups excluding carboxylic acids is 1. The van der Waals surface area contributed by atoms with E-state index in [2.05, 4.69) is 9.88 Å². The number of hydrogen-bond donors (Lipinski definition) is 0. The van der Waals surface area contributed by atoms with Crippen LogP contribution in [0, 0.1) is 12.7 Å². The fraction of sp³-hybridized carbons (Fsp3) is 0.375. The molecule has 22 heavy (non-hydrogen) atoms. The summed E-state index contributed by atoms with van der Waals surface area (Å²) in [5.74, 6) is 0.436. The third kappa shape index (κ3) is 2.68. The molecule has 6 heteroatoms. The average molecular weight is 302 g/mol. The number of aryl methyl sites for hydroxylation is 2. The Morgan fingerprint density at radius 3 is 2.59 bits per heavy atom. The van der Waals surface area contributed by atoms with Crippen molar-refractivity contribution in [3.63, 3.8) is 0 Å². The van der Waals surface area contributed by atoms with Gasteiger partial charge in [-0.2, -0.15) is 0 Å². The molecule has 0 unspecified atom stereocenters. The van der Waals surface area contributed by atoms with Gasteiger partial charge in [0, 0.05) is 51.2 Å². The summed E-state index contributed by atoms with van der Waals surface area (Å²) in [5, 5.41) is 0. The monoisotopic (exact) mass is 302 g/mol. The largest absolute Gasteiger partial charge is 0.339 e. The number of nitrogens with zero attached hydrogens (tertiary/aromatic N) is 4. The van der Waals surface area contributed by atoms with Crippen molar-refractivity contribution in [2.45, 2.75) is 6.92 Å². The molecule has 0 N–H and O–H groups in total. The van der Waals surface area contributed by atoms with Gasteiger partial charge >= 0.3 is 0 Å². The van der Waals surface area contributed by atoms with Crippen LogP contribution in [0.1, 0.15) is 15.9 Å². The lowest BCUT2D eigenvalue weighted by molar-refractivity contribution is 0.0745. The normalized spacial score (nSPS) is 15.2. The first-order valence-electron chi connectivity index (χ1n) is 7.34. The van der Waals surface area contributed by atoms with E-state index in [1.54, 1.807) is 17.2 Å². The number of aromatic nitrogens is 2. The molecule has 0 aliphatic carbocycles. The van der Waals surface area contributed by atoms with Gasteiger partial charge in [0.2, 0.25) is 5.95 Å². The number of imidazole rings is 1. The van der Waals surface area contributed by atoms with E-state index >= 15 is 0 Å². The zero-order chi connectivity index (χ0) is 15.7. The zero-order valence-electron chi connectivity index (χ0n) is 12.8. The minimum Gasteiger partial charge on any atom is -0.339 e. The first-order chi connectivity index (χ1) is 10.6. The van der Waals surface area contributed by atoms with E-state index in [-0.39, 0.29) is 11.7 Å². The molecule has 0 radical (unpaired) electrons. The second-order valence-corrected chi connectivity index (χ2v) is 5.58. The average Bonchev–Trinajstić information content (AvgIpc) is 2.95. The second kappa shape index (κ2) is 5.79. The Labute approximate surface area is 129 Å². The number of hydrogen-bond acceptors (Lipinski definition) is 3. The minimum atomic E-state index is -0.374. The van der Waals surface area contributed by atoms with Gasteiger partial charge in [-0.25, -0.2) is 9.37 Å². The Hall–Kier alpha value is -2.37. The summed E-state index contributed by atoms with van der Waals surface area (Å²) in [7, 11) is 1.95. The molecule has 0 spiro atoms. The lowest BCUT2D eigenvalue weighted by atomic mass is 10.1. The number of anilines is 1. The van der Waals surface area contributed by atoms with Crippen molar-refractivity contribution in [2.24, 2.45) is 7.05 Å². The summed E-state index contributed by atoms with van der Waals surface area (Å²) in [6.45, 7) is 4.51. The van der Waals surface area contributed by atoms with E-state index < -0.39 is 0 Å². The Morgan fingerprint density at radius 1 is 1.23 bits per heavy atom. The van der Waals surface area contributed by atoms with Gasteiger partial charge in [-0.3, -0.25) is 4.79 Å². The van der Waals surface area contributed by atoms with Crippen LogP contribution in [-0.2, 0) is 7.05 Å². The minimum absolute atomic E-state index is 0.100. The van der Waals surface area contributed by atoms with Crippen LogP contribution in [0.4, 0.5) is 10.3 Å². The summed E-state index contributed by atoms with van der Waals surface area (Å²) < 4.78 is 15.3. The molecule has 3 rings (SSSR count). The van der Waals surface area contributed by atoms with E-state index in [4.69, 9.17) is 0 Å². The summed E-state index contributed by atoms with van der Waals surface area (Å²) in [4.78, 5) is 20.8. The lowest BCUT2D eigenvalue weighted by Crippen LogP contribution is -2.49. The van der Waals surface area contributed by atoms with Crippen LogP contribution in [-0.4, -0.2) is 46.5 Å². The van der Waals surface area contributed by atoms with Crippen molar-refractivity contribution in [3.8, 4) is 0 Å². The van der Waals surface area contributed by atoms with Crippen molar-refractivity contribution in [1.82, 2.24) is 14.5 Å². The van der Waals surface area contributed by atoms with E-state index in [1.165, 1.54) is 12.1 Å². The van der Waals surface area contributed by atoms with Crippen molar-refractivity contribution in [3.05, 3.63) is 47.5 Å². The van der Waals surface area contributed by atoms with Crippen LogP contribution in [0.2, 0.25) is 0 Å². The molecule has 0 atom stereocenters. The SMILES string of the molecule is Cc1ccc(F)cc1C(=O)N1CCN(c2nccn2C)CC1. The van der Waals surface area contributed by atoms with Crippen molar-refractivity contribution >= 4 is 11.9 Å². The Morgan fingerprint density at radius 2 is 1.95 bits per heavy atom. The summed E-state index contributed by atoms with van der Waals surface area (Å²) >= 11 is 0. The number of halogens is 1. The van der Waals surface area contributed by atoms with E-state index in [9.17, 15) is 9.18 Å². The molecular weight excluding hydrogens is 283 g/mol. The fourth-order valence-corrected chi connectivity index (χ4v) is 2.77. The molecule has 5 nitrogen and oxygen atoms in total. The van der Waals surface area contributed by atoms with Crippen LogP contribution in [0.15, 0.2) is 30.6 Å². The Bertz CT molecular complexity index is 689. The third-order valence-electron chi connectivity index (χ3n) is 4.08. The molecular formula is C16H19FN4O. The maximum Gasteiger partial charge on any atom is 0.254 e. The topological polar surface area (TPSA) is 41.4 Å². The molecule has 1 aromatic heterocycles. The lowest BCUT2D eigenvalue weighted by Gasteiger charge is -2.35. The fourth-order valence-electron chi connectivity index (χ4n) is 2.77. The molecule has 0 saturated carbocycles. The molecule has 2 aromatic rings. The molecule has 1 fully saturated rings. The number of rotatable bonds is 2. The third-order valence-corrected chi connectivity index (χ3v) is 4.08. The molecule has 116 valence electrons. The quantitative estimate of drug-likeness (QED) is 0.850. The van der Waals surface area contributed by atoms with Crippen LogP contribution in [0.3, 0.4) is 0 Å². The Balaban J connectivity index is 1.70. The standard InChI is InChI=1S/C16H19FN4O/c1-12-3-4-13(17)11-14(12)15(22)20-7-9-21(10-8-20)16-18-5-6-19(16)2/h3-6,11H,7-10H2,1-2H3. The smallest absolute Gasteiger partial charge is 0.254 e. The maximum absolute atomic E-state index is 13.4. The summed E-state index contributed by atoms with van der Waals surface area (Å²) in [6.07, 6.45) is 3.67. The number of piperazine rings is 1. The molecule has 1 aliphatic rings. The van der Waals surface area contributed by atoms with Gasteiger partial charge in [0.05, 0.1) is 0 Å². The highest BCUT2D eigenvalue weighted by Crippen LogP contribution is 2.17. The summed E-state index contributed by atoms with van der Waals surface area (Å²) in [5.41, 5.74) is 1.25. The number of amides is 1. The molecule has 2 heterocycles. The van der Waals surface area contributed by atoms with Gasteiger partial charge in [0.15, 0.2) is 0 Å². The highest BCUT2D eigenvalue weighted by Gasteiger charge is 2.24. The predicted octanol–water partition coefficient (Wildman–Crippen LogP) is 1.83. The van der Waals surface area contributed by atoms with E-state index in [0.717, 1.165) is 24.6 Å². The first kappa shape index (κ1) is 14.6. The van der Waals surface area contributed by atoms with E-state index in [1.807, 2.05) is 24.7 Å². The van der Waals surface area contributed by atoms with Crippen LogP contribution in [0.25, 0.3) is 0 Å². The number of carbonyl (C=O) groups is 1. The van der Waals surface area contributed by atoms with Crippen LogP contribution in [0.5, 0.6) is 0 Å². The van der Waals surface area contributed by atoms with Crippen molar-refractivity contribution in [1.29, 1.82) is 0 Å². The molecule has 1 amide bonds. The van der Waals surface area contributed by atoms with Gasteiger partial charge in [0.25, 0.3) is 5.91 Å². The molecule has 1 aromatic carbocycles. The summed E-state index contributed by atoms with van der Waals surface area (Å²) in [6, 6.07) is 4.35. The number of benzene rings is 1. The van der Waals surface area contributed by atoms with Crippen LogP contribution < -0.4 is 4.90 Å². The van der Waals surface area contributed by atoms with Gasteiger partial charge in [-0.05, 0) is 24.6 Å². The highest BCUT2D eigenvalue weighted by atomic mass is 19.1. The predicted molar refractivity (Wildman–Crippen MR) is 82.5 cm³/mol. The van der Waals surface area contributed by atoms with Crippen LogP contribution >= 0.6 is 0 Å². The van der Waals surface area contributed by atoms with E-state index in [0.29, 0.717) is 18.7 Å². The molecule has 1 aliphatic heterocycles. The Kier molecular flexibility index (Phi) is 3.83. The van der Waals surface area contributed by atoms with Crippen molar-refractivity contribution < 1.29 is 9.18 Å². The highest BCUT2D eigenvalue weighted by molar-refractivity contribution is 5.95. The van der Waals surface area contributed by atoms with Gasteiger partial charge < -0.3 is 14.4 Å². The van der Waals surface area contributed by atoms with Crippen molar-refractivity contribution in [2.75, 3.05) is 31.1 Å². The first-order valence-corrected chi connectivity index (χ1v) is 7.34. The van der Waals surface area contributed by atoms with Gasteiger partial charge in [-0.1, -0.05) is 6.07 Å². The maximum atomic E-state index is 13.4.